The molecular weight excluding hydrogens is 474 g/mol. The van der Waals surface area contributed by atoms with Crippen molar-refractivity contribution in [1.29, 1.82) is 0 Å². The maximum Gasteiger partial charge on any atom is 0.328 e. The van der Waals surface area contributed by atoms with Gasteiger partial charge in [-0.25, -0.2) is 4.79 Å². The quantitative estimate of drug-likeness (QED) is 0.0568. The Morgan fingerprint density at radius 3 is 1.94 bits per heavy atom. The monoisotopic (exact) mass is 507 g/mol. The standard InChI is InChI=1S/C16H29N7O8.C2H4O2/c17-8(2-1-5-20-16(18)19)13(28)21-6-11(25)22-9(3-4-12(26)27)14(29)23-10(7-24)15(30)31;1-2(3)4/h8-10,24H,1-7,17H2,(H,21,28)(H,22,25)(H,23,29)(H,26,27)(H,30,31)(H4,18,19,20);1H3,(H,3,4)/t8-,9-,10-;/m0./s1. The molecule has 200 valence electrons. The van der Waals surface area contributed by atoms with E-state index in [1.54, 1.807) is 0 Å². The van der Waals surface area contributed by atoms with Crippen LogP contribution in [0.1, 0.15) is 32.6 Å². The summed E-state index contributed by atoms with van der Waals surface area (Å²) in [5.41, 5.74) is 16.0. The number of nitrogens with two attached hydrogens (primary N) is 3. The van der Waals surface area contributed by atoms with E-state index in [0.29, 0.717) is 6.42 Å². The van der Waals surface area contributed by atoms with Crippen LogP contribution in [0.25, 0.3) is 0 Å². The second-order valence-electron chi connectivity index (χ2n) is 6.93. The van der Waals surface area contributed by atoms with Gasteiger partial charge in [0.05, 0.1) is 19.2 Å². The van der Waals surface area contributed by atoms with Crippen LogP contribution in [0.4, 0.5) is 0 Å². The van der Waals surface area contributed by atoms with Crippen molar-refractivity contribution in [2.24, 2.45) is 22.2 Å². The number of carboxylic acid groups (broad SMARTS) is 3. The Morgan fingerprint density at radius 2 is 1.49 bits per heavy atom. The highest BCUT2D eigenvalue weighted by atomic mass is 16.4. The molecular formula is C18H33N7O10. The van der Waals surface area contributed by atoms with Gasteiger partial charge in [-0.15, -0.1) is 0 Å². The Labute approximate surface area is 200 Å². The molecule has 0 heterocycles. The molecule has 0 saturated heterocycles. The topological polar surface area (TPSA) is 310 Å². The summed E-state index contributed by atoms with van der Waals surface area (Å²) in [5, 5.41) is 40.5. The summed E-state index contributed by atoms with van der Waals surface area (Å²) in [7, 11) is 0. The Morgan fingerprint density at radius 1 is 0.914 bits per heavy atom. The van der Waals surface area contributed by atoms with Crippen molar-refractivity contribution >= 4 is 41.6 Å². The van der Waals surface area contributed by atoms with Gasteiger partial charge in [0.25, 0.3) is 5.97 Å². The van der Waals surface area contributed by atoms with E-state index in [0.717, 1.165) is 6.92 Å². The smallest absolute Gasteiger partial charge is 0.328 e. The molecule has 0 aromatic heterocycles. The highest BCUT2D eigenvalue weighted by Gasteiger charge is 2.27. The van der Waals surface area contributed by atoms with Crippen LogP contribution >= 0.6 is 0 Å². The number of carbonyl (C=O) groups excluding carboxylic acids is 3. The molecule has 0 aliphatic rings. The van der Waals surface area contributed by atoms with Gasteiger partial charge in [-0.2, -0.15) is 0 Å². The fraction of sp³-hybridized carbons (Fsp3) is 0.611. The lowest BCUT2D eigenvalue weighted by atomic mass is 10.1. The Balaban J connectivity index is 0. The van der Waals surface area contributed by atoms with E-state index in [1.807, 2.05) is 5.32 Å². The van der Waals surface area contributed by atoms with Crippen LogP contribution in [0, 0.1) is 0 Å². The SMILES string of the molecule is CC(=O)O.NC(N)=NCCC[C@H](N)C(=O)NCC(=O)N[C@@H](CCC(=O)O)C(=O)N[C@@H](CO)C(=O)O. The van der Waals surface area contributed by atoms with Gasteiger partial charge in [0, 0.05) is 19.9 Å². The molecule has 0 aromatic rings. The first kappa shape index (κ1) is 33.2. The number of carbonyl (C=O) groups is 6. The lowest BCUT2D eigenvalue weighted by Gasteiger charge is -2.20. The third-order valence-electron chi connectivity index (χ3n) is 3.82. The molecule has 3 atom stereocenters. The zero-order valence-corrected chi connectivity index (χ0v) is 19.1. The average Bonchev–Trinajstić information content (AvgIpc) is 2.74. The molecule has 0 aromatic carbocycles. The summed E-state index contributed by atoms with van der Waals surface area (Å²) in [6.07, 6.45) is -0.178. The Bertz CT molecular complexity index is 767. The lowest BCUT2D eigenvalue weighted by molar-refractivity contribution is -0.144. The Kier molecular flexibility index (Phi) is 17.5. The Hall–Kier alpha value is -3.99. The third-order valence-corrected chi connectivity index (χ3v) is 3.82. The minimum absolute atomic E-state index is 0.0927. The summed E-state index contributed by atoms with van der Waals surface area (Å²) in [4.78, 5) is 70.6. The third kappa shape index (κ3) is 19.2. The van der Waals surface area contributed by atoms with Gasteiger partial charge < -0.3 is 53.6 Å². The molecule has 0 rings (SSSR count). The van der Waals surface area contributed by atoms with E-state index < -0.39 is 73.3 Å². The maximum absolute atomic E-state index is 12.2. The first-order valence-corrected chi connectivity index (χ1v) is 10.1. The maximum atomic E-state index is 12.2. The van der Waals surface area contributed by atoms with Gasteiger partial charge in [-0.05, 0) is 19.3 Å². The number of amides is 3. The minimum Gasteiger partial charge on any atom is -0.481 e. The van der Waals surface area contributed by atoms with Crippen LogP contribution in [0.2, 0.25) is 0 Å². The van der Waals surface area contributed by atoms with E-state index in [1.165, 1.54) is 0 Å². The number of nitrogens with zero attached hydrogens (tertiary/aromatic N) is 1. The van der Waals surface area contributed by atoms with E-state index >= 15 is 0 Å². The summed E-state index contributed by atoms with van der Waals surface area (Å²) in [5.74, 6) is -6.16. The molecule has 0 aliphatic carbocycles. The number of aliphatic hydroxyl groups excluding tert-OH is 1. The highest BCUT2D eigenvalue weighted by Crippen LogP contribution is 2.00. The van der Waals surface area contributed by atoms with Gasteiger partial charge in [0.1, 0.15) is 12.1 Å². The largest absolute Gasteiger partial charge is 0.481 e. The van der Waals surface area contributed by atoms with Crippen LogP contribution in [0.3, 0.4) is 0 Å². The molecule has 0 bridgehead atoms. The molecule has 0 radical (unpaired) electrons. The normalized spacial score (nSPS) is 12.4. The van der Waals surface area contributed by atoms with Crippen LogP contribution in [0.15, 0.2) is 4.99 Å². The summed E-state index contributed by atoms with van der Waals surface area (Å²) < 4.78 is 0. The van der Waals surface area contributed by atoms with Crippen molar-refractivity contribution in [2.45, 2.75) is 50.7 Å². The zero-order chi connectivity index (χ0) is 27.6. The van der Waals surface area contributed by atoms with Crippen molar-refractivity contribution in [3.8, 4) is 0 Å². The van der Waals surface area contributed by atoms with E-state index in [4.69, 9.17) is 42.4 Å². The lowest BCUT2D eigenvalue weighted by Crippen LogP contribution is -2.54. The second-order valence-corrected chi connectivity index (χ2v) is 6.93. The predicted molar refractivity (Wildman–Crippen MR) is 120 cm³/mol. The molecule has 17 heteroatoms. The average molecular weight is 508 g/mol. The number of hydrogen-bond donors (Lipinski definition) is 10. The van der Waals surface area contributed by atoms with Crippen molar-refractivity contribution in [3.05, 3.63) is 0 Å². The fourth-order valence-electron chi connectivity index (χ4n) is 2.19. The van der Waals surface area contributed by atoms with E-state index in [2.05, 4.69) is 15.6 Å². The van der Waals surface area contributed by atoms with Crippen LogP contribution in [0.5, 0.6) is 0 Å². The van der Waals surface area contributed by atoms with Gasteiger partial charge >= 0.3 is 11.9 Å². The molecule has 0 aliphatic heterocycles. The van der Waals surface area contributed by atoms with Gasteiger partial charge in [0.15, 0.2) is 5.96 Å². The molecule has 35 heavy (non-hydrogen) atoms. The minimum atomic E-state index is -1.63. The second kappa shape index (κ2) is 18.4. The van der Waals surface area contributed by atoms with Crippen molar-refractivity contribution in [2.75, 3.05) is 19.7 Å². The number of carboxylic acids is 3. The summed E-state index contributed by atoms with van der Waals surface area (Å²) >= 11 is 0. The number of rotatable bonds is 15. The van der Waals surface area contributed by atoms with Crippen molar-refractivity contribution in [1.82, 2.24) is 16.0 Å². The number of aliphatic carboxylic acids is 3. The van der Waals surface area contributed by atoms with Gasteiger partial charge in [-0.3, -0.25) is 29.0 Å². The number of nitrogens with one attached hydrogen (secondary N) is 3. The molecule has 17 nitrogen and oxygen atoms in total. The van der Waals surface area contributed by atoms with Crippen LogP contribution < -0.4 is 33.2 Å². The van der Waals surface area contributed by atoms with Crippen molar-refractivity contribution in [3.63, 3.8) is 0 Å². The number of aliphatic imine (C=N–C) groups is 1. The molecule has 13 N–H and O–H groups in total. The van der Waals surface area contributed by atoms with Crippen molar-refractivity contribution < 1.29 is 49.2 Å². The summed E-state index contributed by atoms with van der Waals surface area (Å²) in [6, 6.07) is -3.97. The fourth-order valence-corrected chi connectivity index (χ4v) is 2.19. The molecule has 0 saturated carbocycles. The predicted octanol–water partition coefficient (Wildman–Crippen LogP) is -4.51. The molecule has 3 amide bonds. The molecule has 0 fully saturated rings. The van der Waals surface area contributed by atoms with E-state index in [-0.39, 0.29) is 25.3 Å². The van der Waals surface area contributed by atoms with E-state index in [9.17, 15) is 24.0 Å². The zero-order valence-electron chi connectivity index (χ0n) is 19.1. The van der Waals surface area contributed by atoms with Gasteiger partial charge in [0.2, 0.25) is 17.7 Å². The van der Waals surface area contributed by atoms with Crippen LogP contribution in [-0.2, 0) is 28.8 Å². The number of aliphatic hydroxyl groups is 1. The van der Waals surface area contributed by atoms with Crippen LogP contribution in [-0.4, -0.2) is 99.8 Å². The molecule has 0 unspecified atom stereocenters. The first-order valence-electron chi connectivity index (χ1n) is 10.1. The first-order chi connectivity index (χ1) is 16.2. The number of guanidine groups is 1. The summed E-state index contributed by atoms with van der Waals surface area (Å²) in [6.45, 7) is -0.104. The highest BCUT2D eigenvalue weighted by molar-refractivity contribution is 5.92. The van der Waals surface area contributed by atoms with Gasteiger partial charge in [-0.1, -0.05) is 0 Å². The molecule has 0 spiro atoms. The number of hydrogen-bond acceptors (Lipinski definition) is 9.